The highest BCUT2D eigenvalue weighted by molar-refractivity contribution is 9.10. The first kappa shape index (κ1) is 16.1. The van der Waals surface area contributed by atoms with Gasteiger partial charge in [0, 0.05) is 28.8 Å². The molecule has 1 atom stereocenters. The van der Waals surface area contributed by atoms with Gasteiger partial charge in [0.1, 0.15) is 0 Å². The molecule has 112 valence electrons. The summed E-state index contributed by atoms with van der Waals surface area (Å²) in [5.41, 5.74) is 1.71. The summed E-state index contributed by atoms with van der Waals surface area (Å²) in [6.07, 6.45) is 2.07. The Labute approximate surface area is 133 Å². The fraction of sp³-hybridized carbons (Fsp3) is 0.267. The summed E-state index contributed by atoms with van der Waals surface area (Å²) in [6.45, 7) is 1.83. The second-order valence-electron chi connectivity index (χ2n) is 4.78. The molecule has 1 N–H and O–H groups in total. The number of pyridine rings is 1. The van der Waals surface area contributed by atoms with Gasteiger partial charge in [-0.3, -0.25) is 4.98 Å². The van der Waals surface area contributed by atoms with E-state index in [0.717, 1.165) is 15.7 Å². The molecule has 0 amide bonds. The van der Waals surface area contributed by atoms with Crippen molar-refractivity contribution >= 4 is 26.0 Å². The van der Waals surface area contributed by atoms with Crippen LogP contribution in [0.3, 0.4) is 0 Å². The fourth-order valence-corrected chi connectivity index (χ4v) is 3.47. The highest BCUT2D eigenvalue weighted by Crippen LogP contribution is 2.17. The Morgan fingerprint density at radius 2 is 1.90 bits per heavy atom. The lowest BCUT2D eigenvalue weighted by Crippen LogP contribution is -2.30. The molecule has 0 saturated carbocycles. The van der Waals surface area contributed by atoms with Crippen LogP contribution in [-0.2, 0) is 16.4 Å². The van der Waals surface area contributed by atoms with Gasteiger partial charge in [0.25, 0.3) is 0 Å². The van der Waals surface area contributed by atoms with E-state index in [9.17, 15) is 8.42 Å². The molecule has 0 radical (unpaired) electrons. The van der Waals surface area contributed by atoms with E-state index in [0.29, 0.717) is 6.42 Å². The van der Waals surface area contributed by atoms with Crippen molar-refractivity contribution in [1.29, 1.82) is 0 Å². The maximum absolute atomic E-state index is 12.1. The van der Waals surface area contributed by atoms with E-state index in [1.165, 1.54) is 0 Å². The van der Waals surface area contributed by atoms with Crippen LogP contribution in [-0.4, -0.2) is 19.2 Å². The smallest absolute Gasteiger partial charge is 0.212 e. The average molecular weight is 369 g/mol. The molecular weight excluding hydrogens is 352 g/mol. The quantitative estimate of drug-likeness (QED) is 0.852. The Kier molecular flexibility index (Phi) is 5.50. The van der Waals surface area contributed by atoms with E-state index < -0.39 is 10.0 Å². The van der Waals surface area contributed by atoms with Gasteiger partial charge in [-0.05, 0) is 36.8 Å². The van der Waals surface area contributed by atoms with Gasteiger partial charge in [0.15, 0.2) is 0 Å². The maximum atomic E-state index is 12.1. The van der Waals surface area contributed by atoms with Gasteiger partial charge in [0.05, 0.1) is 5.75 Å². The van der Waals surface area contributed by atoms with Crippen molar-refractivity contribution in [2.75, 3.05) is 5.75 Å². The number of rotatable bonds is 6. The zero-order valence-electron chi connectivity index (χ0n) is 11.7. The standard InChI is InChI=1S/C15H17BrN2O2S/c1-12(13-5-7-14(16)8-6-13)18-21(19,20)11-9-15-4-2-3-10-17-15/h2-8,10,12,18H,9,11H2,1H3. The lowest BCUT2D eigenvalue weighted by Gasteiger charge is -2.14. The molecule has 21 heavy (non-hydrogen) atoms. The lowest BCUT2D eigenvalue weighted by atomic mass is 10.1. The van der Waals surface area contributed by atoms with Crippen LogP contribution >= 0.6 is 15.9 Å². The van der Waals surface area contributed by atoms with Crippen LogP contribution in [0, 0.1) is 0 Å². The molecule has 1 unspecified atom stereocenters. The van der Waals surface area contributed by atoms with Crippen molar-refractivity contribution in [3.8, 4) is 0 Å². The monoisotopic (exact) mass is 368 g/mol. The van der Waals surface area contributed by atoms with Crippen LogP contribution in [0.5, 0.6) is 0 Å². The number of benzene rings is 1. The van der Waals surface area contributed by atoms with Crippen LogP contribution in [0.2, 0.25) is 0 Å². The molecule has 4 nitrogen and oxygen atoms in total. The van der Waals surface area contributed by atoms with E-state index in [1.807, 2.05) is 49.4 Å². The average Bonchev–Trinajstić information content (AvgIpc) is 2.46. The van der Waals surface area contributed by atoms with Gasteiger partial charge >= 0.3 is 0 Å². The lowest BCUT2D eigenvalue weighted by molar-refractivity contribution is 0.566. The van der Waals surface area contributed by atoms with Gasteiger partial charge in [-0.2, -0.15) is 0 Å². The molecule has 0 spiro atoms. The number of nitrogens with zero attached hydrogens (tertiary/aromatic N) is 1. The van der Waals surface area contributed by atoms with Crippen LogP contribution in [0.1, 0.15) is 24.2 Å². The summed E-state index contributed by atoms with van der Waals surface area (Å²) in [7, 11) is -3.34. The molecule has 0 saturated heterocycles. The molecule has 0 aliphatic carbocycles. The number of nitrogens with one attached hydrogen (secondary N) is 1. The summed E-state index contributed by atoms with van der Waals surface area (Å²) in [6, 6.07) is 12.8. The number of halogens is 1. The predicted molar refractivity (Wildman–Crippen MR) is 87.4 cm³/mol. The largest absolute Gasteiger partial charge is 0.261 e. The molecule has 0 fully saturated rings. The number of hydrogen-bond acceptors (Lipinski definition) is 3. The van der Waals surface area contributed by atoms with Crippen molar-refractivity contribution in [3.05, 3.63) is 64.4 Å². The highest BCUT2D eigenvalue weighted by Gasteiger charge is 2.16. The zero-order chi connectivity index (χ0) is 15.3. The van der Waals surface area contributed by atoms with Gasteiger partial charge in [-0.25, -0.2) is 13.1 Å². The minimum atomic E-state index is -3.34. The van der Waals surface area contributed by atoms with Gasteiger partial charge in [0.2, 0.25) is 10.0 Å². The molecule has 1 heterocycles. The van der Waals surface area contributed by atoms with Crippen molar-refractivity contribution < 1.29 is 8.42 Å². The normalized spacial score (nSPS) is 13.0. The molecule has 0 aliphatic rings. The molecule has 2 aromatic rings. The first-order valence-corrected chi connectivity index (χ1v) is 9.06. The third-order valence-corrected chi connectivity index (χ3v) is 5.06. The Bertz CT molecular complexity index is 673. The summed E-state index contributed by atoms with van der Waals surface area (Å²) < 4.78 is 27.9. The van der Waals surface area contributed by atoms with E-state index in [4.69, 9.17) is 0 Å². The third kappa shape index (κ3) is 5.22. The topological polar surface area (TPSA) is 59.1 Å². The van der Waals surface area contributed by atoms with Gasteiger partial charge in [-0.1, -0.05) is 34.1 Å². The minimum absolute atomic E-state index is 0.0326. The van der Waals surface area contributed by atoms with Crippen molar-refractivity contribution in [2.24, 2.45) is 0 Å². The number of aryl methyl sites for hydroxylation is 1. The zero-order valence-corrected chi connectivity index (χ0v) is 14.1. The van der Waals surface area contributed by atoms with Gasteiger partial charge in [-0.15, -0.1) is 0 Å². The Hall–Kier alpha value is -1.24. The maximum Gasteiger partial charge on any atom is 0.212 e. The first-order valence-electron chi connectivity index (χ1n) is 6.62. The second-order valence-corrected chi connectivity index (χ2v) is 7.57. The van der Waals surface area contributed by atoms with Crippen LogP contribution < -0.4 is 4.72 Å². The van der Waals surface area contributed by atoms with Crippen molar-refractivity contribution in [2.45, 2.75) is 19.4 Å². The number of hydrogen-bond donors (Lipinski definition) is 1. The summed E-state index contributed by atoms with van der Waals surface area (Å²) in [5, 5.41) is 0. The molecule has 0 aliphatic heterocycles. The molecule has 2 rings (SSSR count). The summed E-state index contributed by atoms with van der Waals surface area (Å²) >= 11 is 3.36. The molecular formula is C15H17BrN2O2S. The summed E-state index contributed by atoms with van der Waals surface area (Å²) in [4.78, 5) is 4.13. The molecule has 6 heteroatoms. The Morgan fingerprint density at radius 1 is 1.19 bits per heavy atom. The van der Waals surface area contributed by atoms with E-state index in [1.54, 1.807) is 6.20 Å². The van der Waals surface area contributed by atoms with Crippen LogP contribution in [0.15, 0.2) is 53.1 Å². The molecule has 0 bridgehead atoms. The number of aromatic nitrogens is 1. The Morgan fingerprint density at radius 3 is 2.52 bits per heavy atom. The summed E-state index contributed by atoms with van der Waals surface area (Å²) in [5.74, 6) is 0.0326. The SMILES string of the molecule is CC(NS(=O)(=O)CCc1ccccn1)c1ccc(Br)cc1. The van der Waals surface area contributed by atoms with Crippen molar-refractivity contribution in [1.82, 2.24) is 9.71 Å². The second kappa shape index (κ2) is 7.15. The molecule has 1 aromatic carbocycles. The van der Waals surface area contributed by atoms with Crippen molar-refractivity contribution in [3.63, 3.8) is 0 Å². The highest BCUT2D eigenvalue weighted by atomic mass is 79.9. The first-order chi connectivity index (χ1) is 9.96. The van der Waals surface area contributed by atoms with Gasteiger partial charge < -0.3 is 0 Å². The van der Waals surface area contributed by atoms with E-state index in [-0.39, 0.29) is 11.8 Å². The third-order valence-electron chi connectivity index (χ3n) is 3.08. The predicted octanol–water partition coefficient (Wildman–Crippen LogP) is 3.07. The molecule has 1 aromatic heterocycles. The minimum Gasteiger partial charge on any atom is -0.261 e. The Balaban J connectivity index is 1.95. The van der Waals surface area contributed by atoms with Crippen LogP contribution in [0.4, 0.5) is 0 Å². The van der Waals surface area contributed by atoms with E-state index >= 15 is 0 Å². The van der Waals surface area contributed by atoms with E-state index in [2.05, 4.69) is 25.6 Å². The fourth-order valence-electron chi connectivity index (χ4n) is 1.93. The van der Waals surface area contributed by atoms with Crippen LogP contribution in [0.25, 0.3) is 0 Å². The number of sulfonamides is 1.